The summed E-state index contributed by atoms with van der Waals surface area (Å²) in [4.78, 5) is 11.0. The SMILES string of the molecule is CCN(Cc1nc(C)cc(NN)n1)Cc1ccco1. The lowest BCUT2D eigenvalue weighted by molar-refractivity contribution is 0.242. The van der Waals surface area contributed by atoms with Gasteiger partial charge in [-0.3, -0.25) is 4.90 Å². The minimum atomic E-state index is 0.636. The summed E-state index contributed by atoms with van der Waals surface area (Å²) in [5, 5.41) is 0. The number of anilines is 1. The molecule has 0 aromatic carbocycles. The van der Waals surface area contributed by atoms with Gasteiger partial charge in [-0.05, 0) is 25.6 Å². The van der Waals surface area contributed by atoms with E-state index in [1.54, 1.807) is 6.26 Å². The summed E-state index contributed by atoms with van der Waals surface area (Å²) in [6.07, 6.45) is 1.68. The minimum Gasteiger partial charge on any atom is -0.468 e. The van der Waals surface area contributed by atoms with Crippen molar-refractivity contribution >= 4 is 5.82 Å². The van der Waals surface area contributed by atoms with Gasteiger partial charge in [-0.2, -0.15) is 0 Å². The normalized spacial score (nSPS) is 10.9. The molecule has 0 spiro atoms. The largest absolute Gasteiger partial charge is 0.468 e. The highest BCUT2D eigenvalue weighted by atomic mass is 16.3. The van der Waals surface area contributed by atoms with Crippen molar-refractivity contribution < 1.29 is 4.42 Å². The Bertz CT molecular complexity index is 512. The molecule has 0 aliphatic heterocycles. The van der Waals surface area contributed by atoms with Crippen LogP contribution in [-0.2, 0) is 13.1 Å². The van der Waals surface area contributed by atoms with Crippen molar-refractivity contribution in [2.45, 2.75) is 26.9 Å². The van der Waals surface area contributed by atoms with Gasteiger partial charge < -0.3 is 9.84 Å². The number of nitrogen functional groups attached to an aromatic ring is 1. The molecule has 0 bridgehead atoms. The zero-order valence-corrected chi connectivity index (χ0v) is 11.3. The first-order chi connectivity index (χ1) is 9.21. The summed E-state index contributed by atoms with van der Waals surface area (Å²) in [7, 11) is 0. The Hall–Kier alpha value is -1.92. The van der Waals surface area contributed by atoms with Crippen LogP contribution in [0, 0.1) is 6.92 Å². The molecule has 6 heteroatoms. The standard InChI is InChI=1S/C13H19N5O/c1-3-18(8-11-5-4-6-19-11)9-13-15-10(2)7-12(16-13)17-14/h4-7H,3,8-9,14H2,1-2H3,(H,15,16,17). The molecule has 0 saturated heterocycles. The van der Waals surface area contributed by atoms with Crippen LogP contribution in [0.25, 0.3) is 0 Å². The molecule has 0 amide bonds. The van der Waals surface area contributed by atoms with Gasteiger partial charge in [-0.25, -0.2) is 15.8 Å². The monoisotopic (exact) mass is 261 g/mol. The average Bonchev–Trinajstić information content (AvgIpc) is 2.90. The van der Waals surface area contributed by atoms with Gasteiger partial charge in [0.2, 0.25) is 0 Å². The third kappa shape index (κ3) is 3.77. The summed E-state index contributed by atoms with van der Waals surface area (Å²) in [5.74, 6) is 7.72. The Kier molecular flexibility index (Phi) is 4.48. The molecular weight excluding hydrogens is 242 g/mol. The van der Waals surface area contributed by atoms with Crippen LogP contribution in [0.5, 0.6) is 0 Å². The molecule has 0 aliphatic rings. The highest BCUT2D eigenvalue weighted by molar-refractivity contribution is 5.33. The molecule has 2 rings (SSSR count). The van der Waals surface area contributed by atoms with E-state index in [0.717, 1.165) is 30.4 Å². The Balaban J connectivity index is 2.07. The fourth-order valence-electron chi connectivity index (χ4n) is 1.88. The van der Waals surface area contributed by atoms with Crippen LogP contribution >= 0.6 is 0 Å². The second kappa shape index (κ2) is 6.31. The lowest BCUT2D eigenvalue weighted by atomic mass is 10.3. The van der Waals surface area contributed by atoms with Crippen molar-refractivity contribution in [2.75, 3.05) is 12.0 Å². The summed E-state index contributed by atoms with van der Waals surface area (Å²) < 4.78 is 5.36. The first-order valence-electron chi connectivity index (χ1n) is 6.27. The molecule has 2 aromatic rings. The van der Waals surface area contributed by atoms with E-state index < -0.39 is 0 Å². The number of hydrazine groups is 1. The number of hydrogen-bond donors (Lipinski definition) is 2. The minimum absolute atomic E-state index is 0.636. The number of nitrogens with zero attached hydrogens (tertiary/aromatic N) is 3. The van der Waals surface area contributed by atoms with Crippen molar-refractivity contribution in [1.29, 1.82) is 0 Å². The van der Waals surface area contributed by atoms with Crippen LogP contribution < -0.4 is 11.3 Å². The van der Waals surface area contributed by atoms with Gasteiger partial charge in [0.25, 0.3) is 0 Å². The Labute approximate surface area is 112 Å². The maximum Gasteiger partial charge on any atom is 0.145 e. The van der Waals surface area contributed by atoms with Crippen LogP contribution in [0.2, 0.25) is 0 Å². The van der Waals surface area contributed by atoms with E-state index in [4.69, 9.17) is 10.3 Å². The average molecular weight is 261 g/mol. The number of hydrogen-bond acceptors (Lipinski definition) is 6. The summed E-state index contributed by atoms with van der Waals surface area (Å²) in [6.45, 7) is 6.32. The topological polar surface area (TPSA) is 80.2 Å². The van der Waals surface area contributed by atoms with Gasteiger partial charge in [0.05, 0.1) is 19.4 Å². The van der Waals surface area contributed by atoms with E-state index in [0.29, 0.717) is 12.4 Å². The van der Waals surface area contributed by atoms with E-state index in [9.17, 15) is 0 Å². The first kappa shape index (κ1) is 13.5. The number of nitrogens with one attached hydrogen (secondary N) is 1. The highest BCUT2D eigenvalue weighted by Gasteiger charge is 2.09. The van der Waals surface area contributed by atoms with Crippen molar-refractivity contribution in [3.05, 3.63) is 41.7 Å². The predicted molar refractivity (Wildman–Crippen MR) is 73.1 cm³/mol. The second-order valence-electron chi connectivity index (χ2n) is 4.34. The third-order valence-electron chi connectivity index (χ3n) is 2.82. The van der Waals surface area contributed by atoms with Gasteiger partial charge in [-0.15, -0.1) is 0 Å². The number of rotatable bonds is 6. The molecule has 2 aromatic heterocycles. The maximum absolute atomic E-state index is 5.39. The van der Waals surface area contributed by atoms with Crippen LogP contribution in [0.1, 0.15) is 24.2 Å². The molecule has 19 heavy (non-hydrogen) atoms. The highest BCUT2D eigenvalue weighted by Crippen LogP contribution is 2.10. The third-order valence-corrected chi connectivity index (χ3v) is 2.82. The van der Waals surface area contributed by atoms with Crippen molar-refractivity contribution in [2.24, 2.45) is 5.84 Å². The van der Waals surface area contributed by atoms with Crippen LogP contribution in [0.4, 0.5) is 5.82 Å². The maximum atomic E-state index is 5.39. The Morgan fingerprint density at radius 1 is 1.37 bits per heavy atom. The van der Waals surface area contributed by atoms with E-state index in [1.165, 1.54) is 0 Å². The van der Waals surface area contributed by atoms with Crippen LogP contribution in [-0.4, -0.2) is 21.4 Å². The van der Waals surface area contributed by atoms with E-state index in [1.807, 2.05) is 25.1 Å². The lowest BCUT2D eigenvalue weighted by Crippen LogP contribution is -2.24. The van der Waals surface area contributed by atoms with Crippen molar-refractivity contribution in [3.8, 4) is 0 Å². The molecule has 6 nitrogen and oxygen atoms in total. The molecule has 0 radical (unpaired) electrons. The number of aromatic nitrogens is 2. The van der Waals surface area contributed by atoms with Crippen LogP contribution in [0.15, 0.2) is 28.9 Å². The fourth-order valence-corrected chi connectivity index (χ4v) is 1.88. The summed E-state index contributed by atoms with van der Waals surface area (Å²) in [5.41, 5.74) is 3.45. The van der Waals surface area contributed by atoms with E-state index in [-0.39, 0.29) is 0 Å². The fraction of sp³-hybridized carbons (Fsp3) is 0.385. The van der Waals surface area contributed by atoms with Gasteiger partial charge >= 0.3 is 0 Å². The molecule has 0 fully saturated rings. The first-order valence-corrected chi connectivity index (χ1v) is 6.27. The molecule has 3 N–H and O–H groups in total. The Morgan fingerprint density at radius 2 is 2.21 bits per heavy atom. The molecular formula is C13H19N5O. The predicted octanol–water partition coefficient (Wildman–Crippen LogP) is 1.69. The van der Waals surface area contributed by atoms with E-state index in [2.05, 4.69) is 27.2 Å². The zero-order valence-electron chi connectivity index (χ0n) is 11.3. The van der Waals surface area contributed by atoms with Crippen molar-refractivity contribution in [1.82, 2.24) is 14.9 Å². The van der Waals surface area contributed by atoms with Gasteiger partial charge in [0.15, 0.2) is 0 Å². The molecule has 0 aliphatic carbocycles. The summed E-state index contributed by atoms with van der Waals surface area (Å²) in [6, 6.07) is 5.67. The molecule has 0 atom stereocenters. The van der Waals surface area contributed by atoms with Crippen LogP contribution in [0.3, 0.4) is 0 Å². The number of aryl methyl sites for hydroxylation is 1. The lowest BCUT2D eigenvalue weighted by Gasteiger charge is -2.18. The molecule has 2 heterocycles. The molecule has 0 unspecified atom stereocenters. The second-order valence-corrected chi connectivity index (χ2v) is 4.34. The zero-order chi connectivity index (χ0) is 13.7. The van der Waals surface area contributed by atoms with E-state index >= 15 is 0 Å². The quantitative estimate of drug-likeness (QED) is 0.608. The number of furan rings is 1. The smallest absolute Gasteiger partial charge is 0.145 e. The summed E-state index contributed by atoms with van der Waals surface area (Å²) >= 11 is 0. The number of nitrogens with two attached hydrogens (primary N) is 1. The Morgan fingerprint density at radius 3 is 2.84 bits per heavy atom. The molecule has 0 saturated carbocycles. The van der Waals surface area contributed by atoms with Gasteiger partial charge in [-0.1, -0.05) is 6.92 Å². The van der Waals surface area contributed by atoms with Gasteiger partial charge in [0.1, 0.15) is 17.4 Å². The van der Waals surface area contributed by atoms with Crippen molar-refractivity contribution in [3.63, 3.8) is 0 Å². The van der Waals surface area contributed by atoms with Gasteiger partial charge in [0, 0.05) is 11.8 Å². The molecule has 102 valence electrons.